The highest BCUT2D eigenvalue weighted by Gasteiger charge is 2.20. The van der Waals surface area contributed by atoms with Gasteiger partial charge >= 0.3 is 0 Å². The average Bonchev–Trinajstić information content (AvgIpc) is 2.43. The molecule has 0 aliphatic carbocycles. The van der Waals surface area contributed by atoms with Crippen LogP contribution in [0.25, 0.3) is 0 Å². The minimum Gasteiger partial charge on any atom is -0.357 e. The van der Waals surface area contributed by atoms with E-state index in [4.69, 9.17) is 6.42 Å². The number of piperidine rings is 1. The lowest BCUT2D eigenvalue weighted by molar-refractivity contribution is 0.139. The molecule has 1 heterocycles. The predicted molar refractivity (Wildman–Crippen MR) is 91.4 cm³/mol. The van der Waals surface area contributed by atoms with Crippen molar-refractivity contribution in [1.29, 1.82) is 0 Å². The fourth-order valence-corrected chi connectivity index (χ4v) is 3.09. The molecule has 4 heteroatoms. The highest BCUT2D eigenvalue weighted by molar-refractivity contribution is 5.79. The van der Waals surface area contributed by atoms with E-state index in [1.165, 1.54) is 32.5 Å². The summed E-state index contributed by atoms with van der Waals surface area (Å²) in [4.78, 5) is 7.16. The van der Waals surface area contributed by atoms with Gasteiger partial charge in [-0.25, -0.2) is 0 Å². The van der Waals surface area contributed by atoms with Gasteiger partial charge in [0.1, 0.15) is 0 Å². The minimum atomic E-state index is 0.523. The number of nitrogens with zero attached hydrogens (tertiary/aromatic N) is 2. The van der Waals surface area contributed by atoms with Gasteiger partial charge < -0.3 is 15.5 Å². The summed E-state index contributed by atoms with van der Waals surface area (Å²) in [6, 6.07) is 0. The van der Waals surface area contributed by atoms with Gasteiger partial charge in [-0.3, -0.25) is 4.99 Å². The van der Waals surface area contributed by atoms with Crippen LogP contribution in [0.5, 0.6) is 0 Å². The quantitative estimate of drug-likeness (QED) is 0.326. The van der Waals surface area contributed by atoms with Crippen molar-refractivity contribution in [2.45, 2.75) is 40.0 Å². The smallest absolute Gasteiger partial charge is 0.192 e. The number of aliphatic imine (C=N–C) groups is 1. The summed E-state index contributed by atoms with van der Waals surface area (Å²) in [7, 11) is 0. The highest BCUT2D eigenvalue weighted by atomic mass is 15.2. The van der Waals surface area contributed by atoms with Crippen LogP contribution in [-0.2, 0) is 0 Å². The first-order valence-corrected chi connectivity index (χ1v) is 8.33. The van der Waals surface area contributed by atoms with Crippen LogP contribution in [0.15, 0.2) is 4.99 Å². The third-order valence-electron chi connectivity index (χ3n) is 3.80. The van der Waals surface area contributed by atoms with Gasteiger partial charge in [0.15, 0.2) is 5.96 Å². The molecular formula is C17H32N4. The van der Waals surface area contributed by atoms with Gasteiger partial charge in [0.25, 0.3) is 0 Å². The van der Waals surface area contributed by atoms with E-state index in [2.05, 4.69) is 47.2 Å². The Balaban J connectivity index is 2.18. The van der Waals surface area contributed by atoms with E-state index in [0.717, 1.165) is 37.3 Å². The molecule has 1 fully saturated rings. The van der Waals surface area contributed by atoms with E-state index in [1.807, 2.05) is 0 Å². The number of hydrogen-bond acceptors (Lipinski definition) is 2. The van der Waals surface area contributed by atoms with Gasteiger partial charge in [-0.1, -0.05) is 19.8 Å². The van der Waals surface area contributed by atoms with Gasteiger partial charge in [0.2, 0.25) is 0 Å². The van der Waals surface area contributed by atoms with Crippen molar-refractivity contribution in [2.24, 2.45) is 16.8 Å². The van der Waals surface area contributed by atoms with Gasteiger partial charge in [0.05, 0.1) is 6.54 Å². The van der Waals surface area contributed by atoms with Crippen LogP contribution in [0.3, 0.4) is 0 Å². The van der Waals surface area contributed by atoms with Crippen molar-refractivity contribution in [3.8, 4) is 12.3 Å². The lowest BCUT2D eigenvalue weighted by atomic mass is 9.92. The molecule has 0 aromatic carbocycles. The lowest BCUT2D eigenvalue weighted by Gasteiger charge is -2.34. The van der Waals surface area contributed by atoms with Gasteiger partial charge in [-0.05, 0) is 44.6 Å². The molecule has 0 spiro atoms. The van der Waals surface area contributed by atoms with E-state index in [0.29, 0.717) is 6.54 Å². The minimum absolute atomic E-state index is 0.523. The first-order valence-electron chi connectivity index (χ1n) is 8.33. The van der Waals surface area contributed by atoms with Gasteiger partial charge in [0, 0.05) is 26.2 Å². The van der Waals surface area contributed by atoms with E-state index in [9.17, 15) is 0 Å². The molecule has 2 unspecified atom stereocenters. The highest BCUT2D eigenvalue weighted by Crippen LogP contribution is 2.20. The van der Waals surface area contributed by atoms with Gasteiger partial charge in [-0.2, -0.15) is 0 Å². The molecule has 2 N–H and O–H groups in total. The molecule has 0 aromatic rings. The monoisotopic (exact) mass is 292 g/mol. The first-order chi connectivity index (χ1) is 10.2. The number of unbranched alkanes of at least 4 members (excludes halogenated alkanes) is 1. The van der Waals surface area contributed by atoms with Crippen LogP contribution >= 0.6 is 0 Å². The van der Waals surface area contributed by atoms with Crippen LogP contribution < -0.4 is 10.6 Å². The van der Waals surface area contributed by atoms with Crippen LogP contribution in [0.2, 0.25) is 0 Å². The molecule has 2 atom stereocenters. The van der Waals surface area contributed by atoms with Crippen LogP contribution in [0.4, 0.5) is 0 Å². The summed E-state index contributed by atoms with van der Waals surface area (Å²) in [6.07, 6.45) is 8.99. The zero-order valence-electron chi connectivity index (χ0n) is 14.0. The second-order valence-corrected chi connectivity index (χ2v) is 6.23. The third-order valence-corrected chi connectivity index (χ3v) is 3.80. The molecule has 0 bridgehead atoms. The van der Waals surface area contributed by atoms with Crippen molar-refractivity contribution in [2.75, 3.05) is 39.3 Å². The number of rotatable bonds is 7. The number of likely N-dealkylation sites (tertiary alicyclic amines) is 1. The van der Waals surface area contributed by atoms with E-state index >= 15 is 0 Å². The van der Waals surface area contributed by atoms with Crippen LogP contribution in [0, 0.1) is 24.2 Å². The molecule has 1 aliphatic heterocycles. The molecule has 1 saturated heterocycles. The molecule has 120 valence electrons. The van der Waals surface area contributed by atoms with Crippen LogP contribution in [-0.4, -0.2) is 50.1 Å². The summed E-state index contributed by atoms with van der Waals surface area (Å²) in [5.74, 6) is 5.09. The summed E-state index contributed by atoms with van der Waals surface area (Å²) in [5.41, 5.74) is 0. The molecule has 0 amide bonds. The van der Waals surface area contributed by atoms with Crippen molar-refractivity contribution in [1.82, 2.24) is 15.5 Å². The van der Waals surface area contributed by atoms with Crippen molar-refractivity contribution in [3.63, 3.8) is 0 Å². The number of terminal acetylenes is 1. The fraction of sp³-hybridized carbons (Fsp3) is 0.824. The van der Waals surface area contributed by atoms with E-state index < -0.39 is 0 Å². The van der Waals surface area contributed by atoms with Gasteiger partial charge in [-0.15, -0.1) is 6.42 Å². The molecule has 0 saturated carbocycles. The summed E-state index contributed by atoms with van der Waals surface area (Å²) < 4.78 is 0. The maximum absolute atomic E-state index is 5.25. The topological polar surface area (TPSA) is 39.7 Å². The molecule has 0 radical (unpaired) electrons. The standard InChI is InChI=1S/C17H32N4/c1-5-9-19-17(18-6-2)20-10-7-8-11-21-13-15(3)12-16(4)14-21/h1,15-16H,6-14H2,2-4H3,(H2,18,19,20). The number of guanidine groups is 1. The maximum Gasteiger partial charge on any atom is 0.192 e. The first kappa shape index (κ1) is 17.8. The number of hydrogen-bond donors (Lipinski definition) is 2. The summed E-state index contributed by atoms with van der Waals surface area (Å²) in [6.45, 7) is 12.8. The number of nitrogens with one attached hydrogen (secondary N) is 2. The predicted octanol–water partition coefficient (Wildman–Crippen LogP) is 1.93. The molecule has 21 heavy (non-hydrogen) atoms. The lowest BCUT2D eigenvalue weighted by Crippen LogP contribution is -2.39. The zero-order chi connectivity index (χ0) is 15.5. The fourth-order valence-electron chi connectivity index (χ4n) is 3.09. The van der Waals surface area contributed by atoms with Crippen molar-refractivity contribution < 1.29 is 0 Å². The second-order valence-electron chi connectivity index (χ2n) is 6.23. The Morgan fingerprint density at radius 1 is 1.24 bits per heavy atom. The maximum atomic E-state index is 5.25. The Kier molecular flexibility index (Phi) is 8.93. The van der Waals surface area contributed by atoms with Crippen molar-refractivity contribution in [3.05, 3.63) is 0 Å². The SMILES string of the molecule is C#CCNC(=NCCCCN1CC(C)CC(C)C1)NCC. The van der Waals surface area contributed by atoms with Crippen molar-refractivity contribution >= 4 is 5.96 Å². The van der Waals surface area contributed by atoms with E-state index in [1.54, 1.807) is 0 Å². The molecular weight excluding hydrogens is 260 g/mol. The summed E-state index contributed by atoms with van der Waals surface area (Å²) in [5, 5.41) is 6.32. The molecule has 4 nitrogen and oxygen atoms in total. The second kappa shape index (κ2) is 10.5. The Morgan fingerprint density at radius 2 is 1.95 bits per heavy atom. The largest absolute Gasteiger partial charge is 0.357 e. The average molecular weight is 292 g/mol. The Bertz CT molecular complexity index is 335. The molecule has 1 rings (SSSR count). The van der Waals surface area contributed by atoms with Crippen LogP contribution in [0.1, 0.15) is 40.0 Å². The zero-order valence-corrected chi connectivity index (χ0v) is 14.0. The third kappa shape index (κ3) is 7.96. The Labute approximate surface area is 130 Å². The Morgan fingerprint density at radius 3 is 2.57 bits per heavy atom. The Hall–Kier alpha value is -1.21. The van der Waals surface area contributed by atoms with E-state index in [-0.39, 0.29) is 0 Å². The molecule has 1 aliphatic rings. The molecule has 0 aromatic heterocycles. The normalized spacial score (nSPS) is 23.6. The summed E-state index contributed by atoms with van der Waals surface area (Å²) >= 11 is 0.